The maximum absolute atomic E-state index is 5.40. The Kier molecular flexibility index (Phi) is 3.30. The van der Waals surface area contributed by atoms with E-state index in [-0.39, 0.29) is 0 Å². The first-order valence-corrected chi connectivity index (χ1v) is 4.04. The van der Waals surface area contributed by atoms with E-state index in [9.17, 15) is 0 Å². The van der Waals surface area contributed by atoms with E-state index in [1.165, 1.54) is 0 Å². The van der Waals surface area contributed by atoms with Crippen molar-refractivity contribution >= 4 is 0 Å². The second-order valence-corrected chi connectivity index (χ2v) is 3.16. The highest BCUT2D eigenvalue weighted by molar-refractivity contribution is 4.77. The maximum atomic E-state index is 5.40. The van der Waals surface area contributed by atoms with Crippen molar-refractivity contribution in [1.29, 1.82) is 0 Å². The van der Waals surface area contributed by atoms with Crippen LogP contribution in [0.1, 0.15) is 6.92 Å². The van der Waals surface area contributed by atoms with E-state index in [0.29, 0.717) is 12.1 Å². The molecular formula is C8H17NO2. The summed E-state index contributed by atoms with van der Waals surface area (Å²) < 4.78 is 10.5. The fraction of sp³-hybridized carbons (Fsp3) is 1.00. The number of rotatable bonds is 2. The fourth-order valence-electron chi connectivity index (χ4n) is 1.33. The Labute approximate surface area is 68.3 Å². The topological polar surface area (TPSA) is 21.7 Å². The Morgan fingerprint density at radius 2 is 2.27 bits per heavy atom. The molecule has 11 heavy (non-hydrogen) atoms. The predicted octanol–water partition coefficient (Wildman–Crippen LogP) is 0.352. The average Bonchev–Trinajstić information content (AvgIpc) is 1.99. The monoisotopic (exact) mass is 159 g/mol. The van der Waals surface area contributed by atoms with Gasteiger partial charge in [-0.15, -0.1) is 0 Å². The summed E-state index contributed by atoms with van der Waals surface area (Å²) in [7, 11) is 3.85. The van der Waals surface area contributed by atoms with Crippen molar-refractivity contribution in [2.75, 3.05) is 34.0 Å². The number of hydrogen-bond acceptors (Lipinski definition) is 3. The van der Waals surface area contributed by atoms with Gasteiger partial charge >= 0.3 is 0 Å². The van der Waals surface area contributed by atoms with Gasteiger partial charge in [0.25, 0.3) is 0 Å². The molecular weight excluding hydrogens is 142 g/mol. The van der Waals surface area contributed by atoms with Gasteiger partial charge in [0.2, 0.25) is 0 Å². The predicted molar refractivity (Wildman–Crippen MR) is 43.7 cm³/mol. The summed E-state index contributed by atoms with van der Waals surface area (Å²) in [6.45, 7) is 4.58. The van der Waals surface area contributed by atoms with Gasteiger partial charge in [-0.1, -0.05) is 0 Å². The fourth-order valence-corrected chi connectivity index (χ4v) is 1.33. The minimum absolute atomic E-state index is 0.434. The summed E-state index contributed by atoms with van der Waals surface area (Å²) in [4.78, 5) is 2.31. The number of hydrogen-bond donors (Lipinski definition) is 0. The Morgan fingerprint density at radius 1 is 1.55 bits per heavy atom. The molecule has 1 aliphatic rings. The highest BCUT2D eigenvalue weighted by Crippen LogP contribution is 2.10. The molecule has 0 N–H and O–H groups in total. The van der Waals surface area contributed by atoms with Crippen LogP contribution in [0.4, 0.5) is 0 Å². The molecule has 1 aliphatic heterocycles. The third kappa shape index (κ3) is 2.15. The van der Waals surface area contributed by atoms with E-state index < -0.39 is 0 Å². The van der Waals surface area contributed by atoms with Crippen molar-refractivity contribution in [2.45, 2.75) is 19.0 Å². The summed E-state index contributed by atoms with van der Waals surface area (Å²) in [5.41, 5.74) is 0. The third-order valence-electron chi connectivity index (χ3n) is 2.30. The van der Waals surface area contributed by atoms with Crippen molar-refractivity contribution in [3.8, 4) is 0 Å². The van der Waals surface area contributed by atoms with Gasteiger partial charge in [-0.3, -0.25) is 4.90 Å². The summed E-state index contributed by atoms with van der Waals surface area (Å²) >= 11 is 0. The van der Waals surface area contributed by atoms with Crippen LogP contribution in [0, 0.1) is 0 Å². The molecule has 1 saturated heterocycles. The molecule has 0 spiro atoms. The van der Waals surface area contributed by atoms with Crippen LogP contribution in [-0.2, 0) is 9.47 Å². The molecule has 3 heteroatoms. The molecule has 0 aromatic heterocycles. The van der Waals surface area contributed by atoms with Gasteiger partial charge < -0.3 is 9.47 Å². The second-order valence-electron chi connectivity index (χ2n) is 3.16. The maximum Gasteiger partial charge on any atom is 0.0645 e. The minimum atomic E-state index is 0.434. The summed E-state index contributed by atoms with van der Waals surface area (Å²) in [6.07, 6.45) is 0. The number of ether oxygens (including phenoxy) is 2. The van der Waals surface area contributed by atoms with Gasteiger partial charge in [-0.05, 0) is 14.0 Å². The highest BCUT2D eigenvalue weighted by atomic mass is 16.5. The zero-order valence-electron chi connectivity index (χ0n) is 7.54. The van der Waals surface area contributed by atoms with Gasteiger partial charge in [0.05, 0.1) is 25.9 Å². The Hall–Kier alpha value is -0.120. The number of methoxy groups -OCH3 is 1. The lowest BCUT2D eigenvalue weighted by atomic mass is 10.2. The van der Waals surface area contributed by atoms with E-state index in [4.69, 9.17) is 9.47 Å². The molecule has 66 valence electrons. The molecule has 0 radical (unpaired) electrons. The molecule has 0 saturated carbocycles. The first kappa shape index (κ1) is 8.97. The van der Waals surface area contributed by atoms with Crippen molar-refractivity contribution in [3.05, 3.63) is 0 Å². The van der Waals surface area contributed by atoms with Crippen molar-refractivity contribution in [1.82, 2.24) is 4.90 Å². The molecule has 0 aromatic rings. The standard InChI is InChI=1S/C8H17NO2/c1-7-4-11-6-8(5-10-3)9(7)2/h7-8H,4-6H2,1-3H3. The number of morpholine rings is 1. The molecule has 1 heterocycles. The van der Waals surface area contributed by atoms with Crippen LogP contribution in [-0.4, -0.2) is 51.0 Å². The first-order chi connectivity index (χ1) is 5.25. The molecule has 0 bridgehead atoms. The smallest absolute Gasteiger partial charge is 0.0645 e. The van der Waals surface area contributed by atoms with Crippen molar-refractivity contribution in [3.63, 3.8) is 0 Å². The molecule has 0 aliphatic carbocycles. The molecule has 1 rings (SSSR count). The van der Waals surface area contributed by atoms with Gasteiger partial charge in [0.15, 0.2) is 0 Å². The van der Waals surface area contributed by atoms with Crippen LogP contribution in [0.25, 0.3) is 0 Å². The molecule has 0 amide bonds. The van der Waals surface area contributed by atoms with E-state index in [2.05, 4.69) is 18.9 Å². The van der Waals surface area contributed by atoms with Crippen molar-refractivity contribution < 1.29 is 9.47 Å². The zero-order chi connectivity index (χ0) is 8.27. The molecule has 0 aromatic carbocycles. The van der Waals surface area contributed by atoms with E-state index in [0.717, 1.165) is 19.8 Å². The second kappa shape index (κ2) is 4.04. The largest absolute Gasteiger partial charge is 0.383 e. The van der Waals surface area contributed by atoms with Gasteiger partial charge in [-0.25, -0.2) is 0 Å². The molecule has 3 nitrogen and oxygen atoms in total. The van der Waals surface area contributed by atoms with Crippen LogP contribution in [0.3, 0.4) is 0 Å². The minimum Gasteiger partial charge on any atom is -0.383 e. The summed E-state index contributed by atoms with van der Waals surface area (Å²) in [6, 6.07) is 0.952. The molecule has 1 fully saturated rings. The van der Waals surface area contributed by atoms with E-state index in [1.54, 1.807) is 7.11 Å². The van der Waals surface area contributed by atoms with Crippen LogP contribution in [0.15, 0.2) is 0 Å². The first-order valence-electron chi connectivity index (χ1n) is 4.04. The lowest BCUT2D eigenvalue weighted by Gasteiger charge is -2.37. The third-order valence-corrected chi connectivity index (χ3v) is 2.30. The SMILES string of the molecule is COCC1COCC(C)N1C. The van der Waals surface area contributed by atoms with E-state index >= 15 is 0 Å². The lowest BCUT2D eigenvalue weighted by Crippen LogP contribution is -2.50. The average molecular weight is 159 g/mol. The molecule has 2 atom stereocenters. The lowest BCUT2D eigenvalue weighted by molar-refractivity contribution is -0.0528. The Bertz CT molecular complexity index is 117. The zero-order valence-corrected chi connectivity index (χ0v) is 7.54. The van der Waals surface area contributed by atoms with E-state index in [1.807, 2.05) is 0 Å². The van der Waals surface area contributed by atoms with Gasteiger partial charge in [0.1, 0.15) is 0 Å². The van der Waals surface area contributed by atoms with Crippen LogP contribution < -0.4 is 0 Å². The quantitative estimate of drug-likeness (QED) is 0.580. The Balaban J connectivity index is 2.38. The van der Waals surface area contributed by atoms with Crippen LogP contribution in [0.2, 0.25) is 0 Å². The summed E-state index contributed by atoms with van der Waals surface area (Å²) in [5.74, 6) is 0. The van der Waals surface area contributed by atoms with Gasteiger partial charge in [-0.2, -0.15) is 0 Å². The molecule has 2 unspecified atom stereocenters. The van der Waals surface area contributed by atoms with Crippen LogP contribution >= 0.6 is 0 Å². The highest BCUT2D eigenvalue weighted by Gasteiger charge is 2.24. The van der Waals surface area contributed by atoms with Crippen molar-refractivity contribution in [2.24, 2.45) is 0 Å². The summed E-state index contributed by atoms with van der Waals surface area (Å²) in [5, 5.41) is 0. The van der Waals surface area contributed by atoms with Crippen LogP contribution in [0.5, 0.6) is 0 Å². The number of nitrogens with zero attached hydrogens (tertiary/aromatic N) is 1. The Morgan fingerprint density at radius 3 is 2.91 bits per heavy atom. The van der Waals surface area contributed by atoms with Gasteiger partial charge in [0, 0.05) is 13.2 Å². The normalized spacial score (nSPS) is 34.1. The number of likely N-dealkylation sites (N-methyl/N-ethyl adjacent to an activating group) is 1.